The van der Waals surface area contributed by atoms with E-state index in [4.69, 9.17) is 11.6 Å². The Labute approximate surface area is 71.2 Å². The van der Waals surface area contributed by atoms with E-state index in [2.05, 4.69) is 9.55 Å². The molecule has 1 aliphatic heterocycles. The minimum absolute atomic E-state index is 0.677. The predicted molar refractivity (Wildman–Crippen MR) is 45.0 cm³/mol. The number of imidazole rings is 1. The molecule has 0 unspecified atom stereocenters. The van der Waals surface area contributed by atoms with E-state index in [9.17, 15) is 0 Å². The van der Waals surface area contributed by atoms with Crippen molar-refractivity contribution in [2.75, 3.05) is 5.88 Å². The molecule has 0 atom stereocenters. The van der Waals surface area contributed by atoms with E-state index in [1.54, 1.807) is 0 Å². The molecule has 2 heterocycles. The largest absolute Gasteiger partial charge is 0.332 e. The summed E-state index contributed by atoms with van der Waals surface area (Å²) >= 11 is 5.64. The van der Waals surface area contributed by atoms with E-state index in [1.165, 1.54) is 18.5 Å². The molecule has 2 nitrogen and oxygen atoms in total. The molecule has 0 spiro atoms. The van der Waals surface area contributed by atoms with E-state index in [0.717, 1.165) is 18.8 Å². The third-order valence-electron chi connectivity index (χ3n) is 2.15. The van der Waals surface area contributed by atoms with E-state index in [1.807, 2.05) is 6.20 Å². The maximum Gasteiger partial charge on any atom is 0.110 e. The highest BCUT2D eigenvalue weighted by atomic mass is 35.5. The molecule has 1 aromatic heterocycles. The van der Waals surface area contributed by atoms with Crippen LogP contribution in [0.3, 0.4) is 0 Å². The summed E-state index contributed by atoms with van der Waals surface area (Å²) in [6.07, 6.45) is 5.35. The lowest BCUT2D eigenvalue weighted by molar-refractivity contribution is 0.696. The lowest BCUT2D eigenvalue weighted by Gasteiger charge is -2.00. The fraction of sp³-hybridized carbons (Fsp3) is 0.625. The van der Waals surface area contributed by atoms with Crippen LogP contribution in [0.25, 0.3) is 0 Å². The van der Waals surface area contributed by atoms with Gasteiger partial charge in [0, 0.05) is 30.7 Å². The first-order chi connectivity index (χ1) is 5.42. The average Bonchev–Trinajstić information content (AvgIpc) is 2.53. The van der Waals surface area contributed by atoms with Crippen LogP contribution in [-0.4, -0.2) is 15.4 Å². The van der Waals surface area contributed by atoms with Crippen molar-refractivity contribution >= 4 is 11.6 Å². The Morgan fingerprint density at radius 2 is 2.55 bits per heavy atom. The zero-order valence-electron chi connectivity index (χ0n) is 6.39. The maximum absolute atomic E-state index is 5.64. The van der Waals surface area contributed by atoms with Crippen LogP contribution in [0.15, 0.2) is 6.20 Å². The van der Waals surface area contributed by atoms with Gasteiger partial charge in [-0.15, -0.1) is 11.6 Å². The summed E-state index contributed by atoms with van der Waals surface area (Å²) in [5, 5.41) is 0. The zero-order chi connectivity index (χ0) is 7.68. The smallest absolute Gasteiger partial charge is 0.110 e. The molecule has 60 valence electrons. The number of rotatable bonds is 2. The van der Waals surface area contributed by atoms with Gasteiger partial charge < -0.3 is 4.57 Å². The molecule has 0 N–H and O–H groups in total. The Bertz CT molecular complexity index is 255. The molecule has 0 aliphatic carbocycles. The van der Waals surface area contributed by atoms with Crippen molar-refractivity contribution in [1.82, 2.24) is 9.55 Å². The van der Waals surface area contributed by atoms with Crippen LogP contribution in [0.5, 0.6) is 0 Å². The van der Waals surface area contributed by atoms with E-state index in [0.29, 0.717) is 5.88 Å². The van der Waals surface area contributed by atoms with Crippen LogP contribution < -0.4 is 0 Å². The molecule has 0 saturated carbocycles. The first kappa shape index (κ1) is 7.17. The monoisotopic (exact) mass is 170 g/mol. The quantitative estimate of drug-likeness (QED) is 0.617. The van der Waals surface area contributed by atoms with Gasteiger partial charge in [0.05, 0.1) is 0 Å². The molecule has 11 heavy (non-hydrogen) atoms. The zero-order valence-corrected chi connectivity index (χ0v) is 7.14. The van der Waals surface area contributed by atoms with Crippen LogP contribution in [0.4, 0.5) is 0 Å². The summed E-state index contributed by atoms with van der Waals surface area (Å²) in [4.78, 5) is 4.31. The summed E-state index contributed by atoms with van der Waals surface area (Å²) in [6.45, 7) is 1.14. The maximum atomic E-state index is 5.64. The lowest BCUT2D eigenvalue weighted by atomic mass is 10.3. The van der Waals surface area contributed by atoms with Crippen molar-refractivity contribution < 1.29 is 0 Å². The Morgan fingerprint density at radius 3 is 3.36 bits per heavy atom. The second-order valence-electron chi connectivity index (χ2n) is 2.86. The highest BCUT2D eigenvalue weighted by Gasteiger charge is 2.13. The van der Waals surface area contributed by atoms with Crippen LogP contribution in [-0.2, 0) is 19.4 Å². The van der Waals surface area contributed by atoms with Crippen molar-refractivity contribution in [3.63, 3.8) is 0 Å². The van der Waals surface area contributed by atoms with Crippen molar-refractivity contribution in [3.05, 3.63) is 17.7 Å². The molecule has 0 amide bonds. The fourth-order valence-electron chi connectivity index (χ4n) is 1.63. The molecule has 1 aliphatic rings. The first-order valence-corrected chi connectivity index (χ1v) is 4.54. The van der Waals surface area contributed by atoms with Gasteiger partial charge >= 0.3 is 0 Å². The number of hydrogen-bond acceptors (Lipinski definition) is 1. The minimum Gasteiger partial charge on any atom is -0.332 e. The number of nitrogens with zero attached hydrogens (tertiary/aromatic N) is 2. The summed E-state index contributed by atoms with van der Waals surface area (Å²) in [6, 6.07) is 0. The predicted octanol–water partition coefficient (Wildman–Crippen LogP) is 1.61. The van der Waals surface area contributed by atoms with Crippen molar-refractivity contribution in [1.29, 1.82) is 0 Å². The summed E-state index contributed by atoms with van der Waals surface area (Å²) in [7, 11) is 0. The molecule has 0 bridgehead atoms. The molecular formula is C8H11ClN2. The number of aryl methyl sites for hydroxylation is 2. The minimum atomic E-state index is 0.677. The van der Waals surface area contributed by atoms with E-state index < -0.39 is 0 Å². The Kier molecular flexibility index (Phi) is 1.86. The van der Waals surface area contributed by atoms with Gasteiger partial charge in [-0.05, 0) is 12.8 Å². The second kappa shape index (κ2) is 2.86. The number of alkyl halides is 1. The number of halogens is 1. The standard InChI is InChI=1S/C8H11ClN2/c9-4-3-8-10-6-7-2-1-5-11(7)8/h6H,1-5H2. The summed E-state index contributed by atoms with van der Waals surface area (Å²) in [5.41, 5.74) is 1.38. The average molecular weight is 171 g/mol. The van der Waals surface area contributed by atoms with Gasteiger partial charge in [0.2, 0.25) is 0 Å². The van der Waals surface area contributed by atoms with Gasteiger partial charge in [-0.25, -0.2) is 4.98 Å². The molecule has 0 radical (unpaired) electrons. The number of aromatic nitrogens is 2. The Balaban J connectivity index is 2.27. The van der Waals surface area contributed by atoms with Gasteiger partial charge in [-0.3, -0.25) is 0 Å². The van der Waals surface area contributed by atoms with Gasteiger partial charge in [-0.1, -0.05) is 0 Å². The third-order valence-corrected chi connectivity index (χ3v) is 2.34. The van der Waals surface area contributed by atoms with Gasteiger partial charge in [-0.2, -0.15) is 0 Å². The topological polar surface area (TPSA) is 17.8 Å². The van der Waals surface area contributed by atoms with Crippen molar-refractivity contribution in [3.8, 4) is 0 Å². The van der Waals surface area contributed by atoms with Crippen molar-refractivity contribution in [2.45, 2.75) is 25.8 Å². The third kappa shape index (κ3) is 1.16. The molecule has 3 heteroatoms. The second-order valence-corrected chi connectivity index (χ2v) is 3.24. The lowest BCUT2D eigenvalue weighted by Crippen LogP contribution is -2.01. The molecule has 0 saturated heterocycles. The molecular weight excluding hydrogens is 160 g/mol. The highest BCUT2D eigenvalue weighted by molar-refractivity contribution is 6.17. The normalized spacial score (nSPS) is 15.4. The van der Waals surface area contributed by atoms with Crippen LogP contribution in [0.2, 0.25) is 0 Å². The van der Waals surface area contributed by atoms with Gasteiger partial charge in [0.25, 0.3) is 0 Å². The Morgan fingerprint density at radius 1 is 1.64 bits per heavy atom. The van der Waals surface area contributed by atoms with Crippen LogP contribution in [0.1, 0.15) is 17.9 Å². The highest BCUT2D eigenvalue weighted by Crippen LogP contribution is 2.16. The molecule has 1 aromatic rings. The molecule has 0 fully saturated rings. The van der Waals surface area contributed by atoms with Gasteiger partial charge in [0.15, 0.2) is 0 Å². The van der Waals surface area contributed by atoms with Gasteiger partial charge in [0.1, 0.15) is 5.82 Å². The van der Waals surface area contributed by atoms with Crippen LogP contribution >= 0.6 is 11.6 Å². The van der Waals surface area contributed by atoms with Crippen molar-refractivity contribution in [2.24, 2.45) is 0 Å². The van der Waals surface area contributed by atoms with E-state index in [-0.39, 0.29) is 0 Å². The van der Waals surface area contributed by atoms with E-state index >= 15 is 0 Å². The first-order valence-electron chi connectivity index (χ1n) is 4.01. The Hall–Kier alpha value is -0.500. The molecule has 0 aromatic carbocycles. The molecule has 2 rings (SSSR count). The summed E-state index contributed by atoms with van der Waals surface area (Å²) < 4.78 is 2.29. The summed E-state index contributed by atoms with van der Waals surface area (Å²) in [5.74, 6) is 1.84. The number of fused-ring (bicyclic) bond motifs is 1. The number of hydrogen-bond donors (Lipinski definition) is 0. The van der Waals surface area contributed by atoms with Crippen LogP contribution in [0, 0.1) is 0 Å². The SMILES string of the molecule is ClCCc1ncc2n1CCC2. The fourth-order valence-corrected chi connectivity index (χ4v) is 1.80.